The highest BCUT2D eigenvalue weighted by Gasteiger charge is 2.40. The molecule has 1 aromatic carbocycles. The third-order valence-corrected chi connectivity index (χ3v) is 4.61. The van der Waals surface area contributed by atoms with Crippen LogP contribution in [0.1, 0.15) is 41.0 Å². The van der Waals surface area contributed by atoms with Crippen molar-refractivity contribution in [2.45, 2.75) is 26.4 Å². The van der Waals surface area contributed by atoms with Gasteiger partial charge in [0.2, 0.25) is 0 Å². The van der Waals surface area contributed by atoms with Gasteiger partial charge in [-0.15, -0.1) is 0 Å². The van der Waals surface area contributed by atoms with E-state index >= 15 is 0 Å². The maximum absolute atomic E-state index is 13.0. The lowest BCUT2D eigenvalue weighted by Gasteiger charge is -2.34. The fourth-order valence-electron chi connectivity index (χ4n) is 3.47. The quantitative estimate of drug-likeness (QED) is 0.632. The Balaban J connectivity index is 2.06. The van der Waals surface area contributed by atoms with Crippen LogP contribution in [0.4, 0.5) is 0 Å². The maximum atomic E-state index is 13.0. The molecule has 0 unspecified atom stereocenters. The first-order valence-corrected chi connectivity index (χ1v) is 7.75. The van der Waals surface area contributed by atoms with Gasteiger partial charge in [0.25, 0.3) is 0 Å². The largest absolute Gasteiger partial charge is 0.359 e. The average Bonchev–Trinajstić information content (AvgIpc) is 2.57. The Hall–Kier alpha value is -2.04. The number of ether oxygens (including phenoxy) is 2. The third kappa shape index (κ3) is 2.58. The zero-order chi connectivity index (χ0) is 16.6. The van der Waals surface area contributed by atoms with E-state index in [2.05, 4.69) is 0 Å². The number of Topliss-reactive ketones (excluding diaryl/α,β-unsaturated/α-hetero) is 2. The van der Waals surface area contributed by atoms with Crippen LogP contribution in [0.2, 0.25) is 0 Å². The number of carbonyl (C=O) groups excluding carboxylic acids is 2. The summed E-state index contributed by atoms with van der Waals surface area (Å²) >= 11 is 0. The molecule has 2 aliphatic carbocycles. The summed E-state index contributed by atoms with van der Waals surface area (Å²) in [5.41, 5.74) is 3.27. The van der Waals surface area contributed by atoms with Crippen molar-refractivity contribution in [3.63, 3.8) is 0 Å². The summed E-state index contributed by atoms with van der Waals surface area (Å²) in [5.74, 6) is -0.304. The van der Waals surface area contributed by atoms with Gasteiger partial charge in [0.15, 0.2) is 11.6 Å². The molecule has 120 valence electrons. The second-order valence-corrected chi connectivity index (χ2v) is 6.00. The van der Waals surface area contributed by atoms with Crippen LogP contribution in [0.15, 0.2) is 47.1 Å². The predicted octanol–water partition coefficient (Wildman–Crippen LogP) is 3.34. The van der Waals surface area contributed by atoms with E-state index < -0.39 is 0 Å². The summed E-state index contributed by atoms with van der Waals surface area (Å²) in [6.07, 6.45) is 2.29. The van der Waals surface area contributed by atoms with Crippen LogP contribution >= 0.6 is 0 Å². The Morgan fingerprint density at radius 3 is 2.48 bits per heavy atom. The van der Waals surface area contributed by atoms with Crippen molar-refractivity contribution in [3.05, 3.63) is 58.2 Å². The van der Waals surface area contributed by atoms with Crippen molar-refractivity contribution in [3.8, 4) is 0 Å². The fraction of sp³-hybridized carbons (Fsp3) is 0.368. The van der Waals surface area contributed by atoms with Gasteiger partial charge in [0.1, 0.15) is 6.79 Å². The zero-order valence-electron chi connectivity index (χ0n) is 13.6. The molecule has 0 bridgehead atoms. The Labute approximate surface area is 135 Å². The molecule has 0 aliphatic heterocycles. The molecule has 23 heavy (non-hydrogen) atoms. The summed E-state index contributed by atoms with van der Waals surface area (Å²) in [4.78, 5) is 25.8. The van der Waals surface area contributed by atoms with Crippen molar-refractivity contribution in [2.24, 2.45) is 5.92 Å². The normalized spacial score (nSPS) is 21.7. The minimum Gasteiger partial charge on any atom is -0.359 e. The SMILES string of the molecule is COCO[C@H](C)[C@H]1C(C)=CCC2=C1C(=O)c1ccccc1C2=O. The first-order chi connectivity index (χ1) is 11.1. The van der Waals surface area contributed by atoms with Crippen molar-refractivity contribution < 1.29 is 19.1 Å². The molecule has 3 rings (SSSR count). The lowest BCUT2D eigenvalue weighted by Crippen LogP contribution is -2.35. The molecule has 4 nitrogen and oxygen atoms in total. The Bertz CT molecular complexity index is 727. The smallest absolute Gasteiger partial charge is 0.190 e. The second-order valence-electron chi connectivity index (χ2n) is 6.00. The van der Waals surface area contributed by atoms with E-state index in [0.29, 0.717) is 28.7 Å². The molecule has 0 heterocycles. The lowest BCUT2D eigenvalue weighted by molar-refractivity contribution is -0.0750. The molecular formula is C19H20O4. The lowest BCUT2D eigenvalue weighted by atomic mass is 9.71. The number of methoxy groups -OCH3 is 1. The van der Waals surface area contributed by atoms with Gasteiger partial charge in [0, 0.05) is 35.3 Å². The molecule has 0 saturated heterocycles. The Morgan fingerprint density at radius 1 is 1.17 bits per heavy atom. The second kappa shape index (κ2) is 6.22. The van der Waals surface area contributed by atoms with Crippen LogP contribution < -0.4 is 0 Å². The zero-order valence-corrected chi connectivity index (χ0v) is 13.6. The predicted molar refractivity (Wildman–Crippen MR) is 86.4 cm³/mol. The molecular weight excluding hydrogens is 292 g/mol. The topological polar surface area (TPSA) is 52.6 Å². The van der Waals surface area contributed by atoms with Gasteiger partial charge in [-0.3, -0.25) is 9.59 Å². The number of hydrogen-bond donors (Lipinski definition) is 0. The summed E-state index contributed by atoms with van der Waals surface area (Å²) in [6.45, 7) is 4.06. The molecule has 2 aliphatic rings. The first-order valence-electron chi connectivity index (χ1n) is 7.75. The molecule has 0 N–H and O–H groups in total. The van der Waals surface area contributed by atoms with Crippen LogP contribution in [0, 0.1) is 5.92 Å². The number of hydrogen-bond acceptors (Lipinski definition) is 4. The van der Waals surface area contributed by atoms with Crippen LogP contribution in [-0.2, 0) is 9.47 Å². The molecule has 1 aromatic rings. The van der Waals surface area contributed by atoms with E-state index in [-0.39, 0.29) is 30.4 Å². The number of carbonyl (C=O) groups is 2. The molecule has 0 amide bonds. The molecule has 0 saturated carbocycles. The van der Waals surface area contributed by atoms with Crippen molar-refractivity contribution in [1.82, 2.24) is 0 Å². The summed E-state index contributed by atoms with van der Waals surface area (Å²) in [5, 5.41) is 0. The van der Waals surface area contributed by atoms with Gasteiger partial charge >= 0.3 is 0 Å². The highest BCUT2D eigenvalue weighted by Crippen LogP contribution is 2.40. The monoisotopic (exact) mass is 312 g/mol. The minimum absolute atomic E-state index is 0.0390. The van der Waals surface area contributed by atoms with E-state index in [4.69, 9.17) is 9.47 Å². The Morgan fingerprint density at radius 2 is 1.83 bits per heavy atom. The standard InChI is InChI=1S/C19H20O4/c1-11-8-9-15-17(16(11)12(2)23-10-22-3)19(21)14-7-5-4-6-13(14)18(15)20/h4-8,12,16H,9-10H2,1-3H3/t12-,16-/m1/s1. The van der Waals surface area contributed by atoms with Crippen LogP contribution in [0.25, 0.3) is 0 Å². The highest BCUT2D eigenvalue weighted by molar-refractivity contribution is 6.27. The van der Waals surface area contributed by atoms with Gasteiger partial charge in [-0.1, -0.05) is 35.9 Å². The molecule has 4 heteroatoms. The fourth-order valence-corrected chi connectivity index (χ4v) is 3.47. The van der Waals surface area contributed by atoms with Gasteiger partial charge in [-0.05, 0) is 20.3 Å². The summed E-state index contributed by atoms with van der Waals surface area (Å²) in [7, 11) is 1.56. The van der Waals surface area contributed by atoms with Crippen LogP contribution in [0.5, 0.6) is 0 Å². The third-order valence-electron chi connectivity index (χ3n) is 4.61. The van der Waals surface area contributed by atoms with E-state index in [1.165, 1.54) is 0 Å². The number of benzene rings is 1. The van der Waals surface area contributed by atoms with E-state index in [1.807, 2.05) is 19.9 Å². The Kier molecular flexibility index (Phi) is 4.28. The van der Waals surface area contributed by atoms with E-state index in [1.54, 1.807) is 31.4 Å². The average molecular weight is 312 g/mol. The first kappa shape index (κ1) is 15.8. The molecule has 0 fully saturated rings. The molecule has 0 spiro atoms. The summed E-state index contributed by atoms with van der Waals surface area (Å²) in [6, 6.07) is 7.04. The van der Waals surface area contributed by atoms with Gasteiger partial charge in [-0.2, -0.15) is 0 Å². The van der Waals surface area contributed by atoms with Crippen molar-refractivity contribution in [1.29, 1.82) is 0 Å². The molecule has 0 radical (unpaired) electrons. The molecule has 2 atom stereocenters. The van der Waals surface area contributed by atoms with Crippen LogP contribution in [0.3, 0.4) is 0 Å². The number of fused-ring (bicyclic) bond motifs is 1. The number of rotatable bonds is 4. The van der Waals surface area contributed by atoms with E-state index in [0.717, 1.165) is 5.57 Å². The van der Waals surface area contributed by atoms with Gasteiger partial charge in [0.05, 0.1) is 6.10 Å². The molecule has 0 aromatic heterocycles. The minimum atomic E-state index is -0.237. The van der Waals surface area contributed by atoms with Crippen LogP contribution in [-0.4, -0.2) is 31.6 Å². The van der Waals surface area contributed by atoms with Gasteiger partial charge in [-0.25, -0.2) is 0 Å². The number of allylic oxidation sites excluding steroid dienone is 2. The van der Waals surface area contributed by atoms with Crippen molar-refractivity contribution >= 4 is 11.6 Å². The van der Waals surface area contributed by atoms with E-state index in [9.17, 15) is 9.59 Å². The maximum Gasteiger partial charge on any atom is 0.190 e. The van der Waals surface area contributed by atoms with Gasteiger partial charge < -0.3 is 9.47 Å². The number of ketones is 2. The van der Waals surface area contributed by atoms with Crippen molar-refractivity contribution in [2.75, 3.05) is 13.9 Å². The highest BCUT2D eigenvalue weighted by atomic mass is 16.7. The summed E-state index contributed by atoms with van der Waals surface area (Å²) < 4.78 is 10.6.